The van der Waals surface area contributed by atoms with Crippen molar-refractivity contribution < 1.29 is 9.18 Å². The van der Waals surface area contributed by atoms with Gasteiger partial charge in [0, 0.05) is 16.5 Å². The van der Waals surface area contributed by atoms with E-state index in [-0.39, 0.29) is 17.8 Å². The van der Waals surface area contributed by atoms with E-state index in [2.05, 4.69) is 0 Å². The molecule has 0 aliphatic carbocycles. The van der Waals surface area contributed by atoms with Crippen molar-refractivity contribution in [1.29, 1.82) is 0 Å². The van der Waals surface area contributed by atoms with Gasteiger partial charge < -0.3 is 4.90 Å². The average Bonchev–Trinajstić information content (AvgIpc) is 3.04. The van der Waals surface area contributed by atoms with Crippen molar-refractivity contribution >= 4 is 29.3 Å². The molecule has 3 rings (SSSR count). The number of benzene rings is 2. The normalized spacial score (nSPS) is 17.5. The highest BCUT2D eigenvalue weighted by molar-refractivity contribution is 8.00. The van der Waals surface area contributed by atoms with Crippen LogP contribution in [0.1, 0.15) is 24.4 Å². The van der Waals surface area contributed by atoms with Gasteiger partial charge in [-0.15, -0.1) is 11.8 Å². The molecule has 1 aliphatic heterocycles. The van der Waals surface area contributed by atoms with E-state index in [1.165, 1.54) is 23.9 Å². The smallest absolute Gasteiger partial charge is 0.233 e. The Hall–Kier alpha value is -1.52. The first kappa shape index (κ1) is 16.3. The van der Waals surface area contributed by atoms with E-state index in [1.54, 1.807) is 12.1 Å². The van der Waals surface area contributed by atoms with Crippen molar-refractivity contribution in [2.24, 2.45) is 0 Å². The fraction of sp³-hybridized carbons (Fsp3) is 0.278. The van der Waals surface area contributed by atoms with E-state index in [0.29, 0.717) is 10.8 Å². The lowest BCUT2D eigenvalue weighted by Gasteiger charge is -2.25. The summed E-state index contributed by atoms with van der Waals surface area (Å²) in [5.74, 6) is 0.277. The minimum Gasteiger partial charge on any atom is -0.335 e. The molecule has 1 amide bonds. The molecule has 1 saturated heterocycles. The summed E-state index contributed by atoms with van der Waals surface area (Å²) in [7, 11) is 0. The van der Waals surface area contributed by atoms with Gasteiger partial charge in [-0.3, -0.25) is 4.79 Å². The first-order valence-corrected chi connectivity index (χ1v) is 8.93. The second-order valence-corrected chi connectivity index (χ2v) is 7.02. The van der Waals surface area contributed by atoms with Gasteiger partial charge in [-0.25, -0.2) is 4.39 Å². The second kappa shape index (κ2) is 7.37. The number of hydrogen-bond donors (Lipinski definition) is 0. The molecule has 0 bridgehead atoms. The molecule has 1 unspecified atom stereocenters. The molecule has 2 aromatic carbocycles. The van der Waals surface area contributed by atoms with E-state index >= 15 is 0 Å². The van der Waals surface area contributed by atoms with Gasteiger partial charge >= 0.3 is 0 Å². The lowest BCUT2D eigenvalue weighted by Crippen LogP contribution is -2.31. The van der Waals surface area contributed by atoms with E-state index in [1.807, 2.05) is 29.2 Å². The van der Waals surface area contributed by atoms with Crippen molar-refractivity contribution in [1.82, 2.24) is 4.90 Å². The van der Waals surface area contributed by atoms with Gasteiger partial charge in [-0.2, -0.15) is 0 Å². The first-order valence-electron chi connectivity index (χ1n) is 7.57. The number of carbonyl (C=O) groups excluding carboxylic acids is 1. The number of nitrogens with zero attached hydrogens (tertiary/aromatic N) is 1. The summed E-state index contributed by atoms with van der Waals surface area (Å²) < 4.78 is 13.1. The molecule has 1 heterocycles. The Kier molecular flexibility index (Phi) is 5.23. The van der Waals surface area contributed by atoms with Gasteiger partial charge in [0.1, 0.15) is 5.82 Å². The fourth-order valence-electron chi connectivity index (χ4n) is 2.86. The van der Waals surface area contributed by atoms with Crippen molar-refractivity contribution in [2.45, 2.75) is 23.8 Å². The van der Waals surface area contributed by atoms with Crippen LogP contribution < -0.4 is 0 Å². The summed E-state index contributed by atoms with van der Waals surface area (Å²) in [6.07, 6.45) is 1.92. The van der Waals surface area contributed by atoms with Gasteiger partial charge in [0.25, 0.3) is 0 Å². The van der Waals surface area contributed by atoms with Crippen LogP contribution in [0.5, 0.6) is 0 Å². The minimum absolute atomic E-state index is 0.0638. The number of rotatable bonds is 4. The number of thioether (sulfide) groups is 1. The highest BCUT2D eigenvalue weighted by Gasteiger charge is 2.29. The molecule has 120 valence electrons. The van der Waals surface area contributed by atoms with Gasteiger partial charge in [0.05, 0.1) is 11.8 Å². The third-order valence-electron chi connectivity index (χ3n) is 4.00. The van der Waals surface area contributed by atoms with Crippen molar-refractivity contribution in [3.8, 4) is 0 Å². The topological polar surface area (TPSA) is 20.3 Å². The standard InChI is InChI=1S/C18H17ClFNOS/c19-14-5-9-16(10-6-14)23-12-18(22)21-11-1-2-17(21)13-3-7-15(20)8-4-13/h3-10,17H,1-2,11-12H2. The molecule has 23 heavy (non-hydrogen) atoms. The summed E-state index contributed by atoms with van der Waals surface area (Å²) in [6, 6.07) is 14.0. The first-order chi connectivity index (χ1) is 11.1. The molecule has 0 spiro atoms. The molecular weight excluding hydrogens is 333 g/mol. The molecular formula is C18H17ClFNOS. The Balaban J connectivity index is 1.63. The monoisotopic (exact) mass is 349 g/mol. The van der Waals surface area contributed by atoms with Crippen LogP contribution in [0, 0.1) is 5.82 Å². The Morgan fingerprint density at radius 2 is 1.87 bits per heavy atom. The Bertz CT molecular complexity index is 674. The predicted octanol–water partition coefficient (Wildman–Crippen LogP) is 4.93. The van der Waals surface area contributed by atoms with Crippen molar-refractivity contribution in [3.05, 3.63) is 64.9 Å². The van der Waals surface area contributed by atoms with Gasteiger partial charge in [-0.05, 0) is 54.8 Å². The Morgan fingerprint density at radius 3 is 2.57 bits per heavy atom. The van der Waals surface area contributed by atoms with E-state index in [4.69, 9.17) is 11.6 Å². The molecule has 2 nitrogen and oxygen atoms in total. The lowest BCUT2D eigenvalue weighted by atomic mass is 10.0. The summed E-state index contributed by atoms with van der Waals surface area (Å²) >= 11 is 7.38. The zero-order valence-corrected chi connectivity index (χ0v) is 14.1. The van der Waals surface area contributed by atoms with Crippen LogP contribution in [0.15, 0.2) is 53.4 Å². The zero-order valence-electron chi connectivity index (χ0n) is 12.5. The Morgan fingerprint density at radius 1 is 1.17 bits per heavy atom. The largest absolute Gasteiger partial charge is 0.335 e. The highest BCUT2D eigenvalue weighted by atomic mass is 35.5. The maximum absolute atomic E-state index is 13.1. The van der Waals surface area contributed by atoms with Crippen LogP contribution in [-0.2, 0) is 4.79 Å². The Labute approximate surface area is 144 Å². The van der Waals surface area contributed by atoms with Crippen LogP contribution in [0.2, 0.25) is 5.02 Å². The molecule has 0 N–H and O–H groups in total. The third-order valence-corrected chi connectivity index (χ3v) is 5.25. The van der Waals surface area contributed by atoms with Crippen LogP contribution in [0.4, 0.5) is 4.39 Å². The number of likely N-dealkylation sites (tertiary alicyclic amines) is 1. The van der Waals surface area contributed by atoms with Crippen molar-refractivity contribution in [2.75, 3.05) is 12.3 Å². The second-order valence-electron chi connectivity index (χ2n) is 5.54. The highest BCUT2D eigenvalue weighted by Crippen LogP contribution is 2.33. The lowest BCUT2D eigenvalue weighted by molar-refractivity contribution is -0.129. The predicted molar refractivity (Wildman–Crippen MR) is 92.3 cm³/mol. The molecule has 1 fully saturated rings. The molecule has 1 atom stereocenters. The van der Waals surface area contributed by atoms with E-state index < -0.39 is 0 Å². The van der Waals surface area contributed by atoms with Crippen LogP contribution in [-0.4, -0.2) is 23.1 Å². The summed E-state index contributed by atoms with van der Waals surface area (Å²) in [4.78, 5) is 15.5. The van der Waals surface area contributed by atoms with Gasteiger partial charge in [-0.1, -0.05) is 23.7 Å². The number of halogens is 2. The number of amides is 1. The van der Waals surface area contributed by atoms with Crippen LogP contribution in [0.3, 0.4) is 0 Å². The van der Waals surface area contributed by atoms with Gasteiger partial charge in [0.2, 0.25) is 5.91 Å². The minimum atomic E-state index is -0.247. The summed E-state index contributed by atoms with van der Waals surface area (Å²) in [6.45, 7) is 0.766. The molecule has 2 aromatic rings. The quantitative estimate of drug-likeness (QED) is 0.729. The van der Waals surface area contributed by atoms with E-state index in [9.17, 15) is 9.18 Å². The van der Waals surface area contributed by atoms with Gasteiger partial charge in [0.15, 0.2) is 0 Å². The molecule has 0 radical (unpaired) electrons. The third kappa shape index (κ3) is 4.06. The maximum atomic E-state index is 13.1. The van der Waals surface area contributed by atoms with E-state index in [0.717, 1.165) is 29.8 Å². The number of carbonyl (C=O) groups is 1. The van der Waals surface area contributed by atoms with Crippen LogP contribution in [0.25, 0.3) is 0 Å². The zero-order chi connectivity index (χ0) is 16.2. The molecule has 0 saturated carbocycles. The molecule has 5 heteroatoms. The molecule has 1 aliphatic rings. The maximum Gasteiger partial charge on any atom is 0.233 e. The SMILES string of the molecule is O=C(CSc1ccc(Cl)cc1)N1CCCC1c1ccc(F)cc1. The average molecular weight is 350 g/mol. The number of hydrogen-bond acceptors (Lipinski definition) is 2. The van der Waals surface area contributed by atoms with Crippen LogP contribution >= 0.6 is 23.4 Å². The fourth-order valence-corrected chi connectivity index (χ4v) is 3.77. The molecule has 0 aromatic heterocycles. The van der Waals surface area contributed by atoms with Crippen molar-refractivity contribution in [3.63, 3.8) is 0 Å². The summed E-state index contributed by atoms with van der Waals surface area (Å²) in [5, 5.41) is 0.691. The summed E-state index contributed by atoms with van der Waals surface area (Å²) in [5.41, 5.74) is 1.01.